The molecule has 0 spiro atoms. The van der Waals surface area contributed by atoms with Gasteiger partial charge in [-0.15, -0.1) is 13.0 Å². The number of aliphatic carboxylic acids is 1. The van der Waals surface area contributed by atoms with Crippen molar-refractivity contribution in [1.29, 1.82) is 0 Å². The molecule has 0 aromatic carbocycles. The third-order valence-electron chi connectivity index (χ3n) is 1.65. The SMILES string of the molecule is C#CCN(CC(=O)O)C(=O)NCCSCC=C. The van der Waals surface area contributed by atoms with Crippen LogP contribution in [0, 0.1) is 12.3 Å². The zero-order valence-corrected chi connectivity index (χ0v) is 10.3. The van der Waals surface area contributed by atoms with Crippen molar-refractivity contribution >= 4 is 23.8 Å². The first-order valence-electron chi connectivity index (χ1n) is 4.98. The lowest BCUT2D eigenvalue weighted by Crippen LogP contribution is -2.43. The molecule has 0 radical (unpaired) electrons. The molecule has 2 N–H and O–H groups in total. The van der Waals surface area contributed by atoms with Crippen LogP contribution >= 0.6 is 11.8 Å². The fourth-order valence-electron chi connectivity index (χ4n) is 0.982. The summed E-state index contributed by atoms with van der Waals surface area (Å²) in [5, 5.41) is 11.2. The Labute approximate surface area is 105 Å². The molecule has 2 amide bonds. The van der Waals surface area contributed by atoms with Crippen molar-refractivity contribution in [3.05, 3.63) is 12.7 Å². The van der Waals surface area contributed by atoms with Gasteiger partial charge in [0.15, 0.2) is 0 Å². The Morgan fingerprint density at radius 2 is 2.29 bits per heavy atom. The molecule has 0 aromatic rings. The van der Waals surface area contributed by atoms with Crippen molar-refractivity contribution in [3.8, 4) is 12.3 Å². The van der Waals surface area contributed by atoms with Crippen molar-refractivity contribution in [2.45, 2.75) is 0 Å². The minimum absolute atomic E-state index is 0.0159. The lowest BCUT2D eigenvalue weighted by Gasteiger charge is -2.18. The number of hydrogen-bond donors (Lipinski definition) is 2. The molecule has 0 atom stereocenters. The molecule has 0 bridgehead atoms. The highest BCUT2D eigenvalue weighted by Gasteiger charge is 2.14. The van der Waals surface area contributed by atoms with Gasteiger partial charge in [0, 0.05) is 18.1 Å². The van der Waals surface area contributed by atoms with Crippen LogP contribution in [0.1, 0.15) is 0 Å². The lowest BCUT2D eigenvalue weighted by molar-refractivity contribution is -0.137. The van der Waals surface area contributed by atoms with E-state index in [9.17, 15) is 9.59 Å². The summed E-state index contributed by atoms with van der Waals surface area (Å²) in [6.45, 7) is 3.64. The predicted octanol–water partition coefficient (Wildman–Crippen LogP) is 0.635. The molecule has 0 rings (SSSR count). The molecule has 0 aromatic heterocycles. The van der Waals surface area contributed by atoms with E-state index < -0.39 is 18.5 Å². The van der Waals surface area contributed by atoms with Crippen molar-refractivity contribution in [3.63, 3.8) is 0 Å². The third kappa shape index (κ3) is 8.22. The number of carboxylic acids is 1. The van der Waals surface area contributed by atoms with Gasteiger partial charge < -0.3 is 15.3 Å². The van der Waals surface area contributed by atoms with E-state index in [-0.39, 0.29) is 6.54 Å². The van der Waals surface area contributed by atoms with Crippen LogP contribution < -0.4 is 5.32 Å². The van der Waals surface area contributed by atoms with Gasteiger partial charge in [0.05, 0.1) is 6.54 Å². The van der Waals surface area contributed by atoms with Crippen molar-refractivity contribution in [1.82, 2.24) is 10.2 Å². The summed E-state index contributed by atoms with van der Waals surface area (Å²) in [5.41, 5.74) is 0. The molecule has 94 valence electrons. The van der Waals surface area contributed by atoms with Crippen molar-refractivity contribution in [2.75, 3.05) is 31.1 Å². The van der Waals surface area contributed by atoms with Crippen molar-refractivity contribution in [2.24, 2.45) is 0 Å². The van der Waals surface area contributed by atoms with Crippen LogP contribution in [0.15, 0.2) is 12.7 Å². The number of thioether (sulfide) groups is 1. The molecule has 0 aliphatic rings. The van der Waals surface area contributed by atoms with Crippen LogP contribution in [0.3, 0.4) is 0 Å². The largest absolute Gasteiger partial charge is 0.480 e. The molecule has 0 fully saturated rings. The van der Waals surface area contributed by atoms with Gasteiger partial charge in [-0.1, -0.05) is 12.0 Å². The van der Waals surface area contributed by atoms with E-state index in [1.807, 2.05) is 0 Å². The summed E-state index contributed by atoms with van der Waals surface area (Å²) in [6, 6.07) is -0.454. The van der Waals surface area contributed by atoms with Gasteiger partial charge in [-0.25, -0.2) is 4.79 Å². The second-order valence-electron chi connectivity index (χ2n) is 3.05. The Morgan fingerprint density at radius 1 is 1.59 bits per heavy atom. The standard InChI is InChI=1S/C11H16N2O3S/c1-3-6-13(9-10(14)15)11(16)12-5-8-17-7-4-2/h1,4H,2,5-9H2,(H,12,16)(H,14,15). The third-order valence-corrected chi connectivity index (χ3v) is 2.62. The molecule has 0 saturated carbocycles. The zero-order chi connectivity index (χ0) is 13.1. The van der Waals surface area contributed by atoms with Crippen LogP contribution in [-0.2, 0) is 4.79 Å². The van der Waals surface area contributed by atoms with E-state index >= 15 is 0 Å². The number of carboxylic acid groups (broad SMARTS) is 1. The van der Waals surface area contributed by atoms with Gasteiger partial charge in [-0.05, 0) is 0 Å². The van der Waals surface area contributed by atoms with Crippen molar-refractivity contribution < 1.29 is 14.7 Å². The van der Waals surface area contributed by atoms with E-state index in [1.165, 1.54) is 0 Å². The summed E-state index contributed by atoms with van der Waals surface area (Å²) >= 11 is 1.63. The summed E-state index contributed by atoms with van der Waals surface area (Å²) in [6.07, 6.45) is 6.84. The average Bonchev–Trinajstić information content (AvgIpc) is 2.27. The fraction of sp³-hybridized carbons (Fsp3) is 0.455. The maximum atomic E-state index is 11.5. The topological polar surface area (TPSA) is 69.6 Å². The second-order valence-corrected chi connectivity index (χ2v) is 4.20. The van der Waals surface area contributed by atoms with Crippen LogP contribution in [-0.4, -0.2) is 53.1 Å². The molecule has 5 nitrogen and oxygen atoms in total. The first kappa shape index (κ1) is 15.4. The minimum Gasteiger partial charge on any atom is -0.480 e. The summed E-state index contributed by atoms with van der Waals surface area (Å²) in [5.74, 6) is 2.72. The van der Waals surface area contributed by atoms with E-state index in [1.54, 1.807) is 17.8 Å². The van der Waals surface area contributed by atoms with Crippen LogP contribution in [0.2, 0.25) is 0 Å². The van der Waals surface area contributed by atoms with Crippen LogP contribution in [0.25, 0.3) is 0 Å². The number of nitrogens with zero attached hydrogens (tertiary/aromatic N) is 1. The van der Waals surface area contributed by atoms with Crippen LogP contribution in [0.4, 0.5) is 4.79 Å². The number of carbonyl (C=O) groups is 2. The fourth-order valence-corrected chi connectivity index (χ4v) is 1.56. The highest BCUT2D eigenvalue weighted by Crippen LogP contribution is 1.97. The number of hydrogen-bond acceptors (Lipinski definition) is 3. The summed E-state index contributed by atoms with van der Waals surface area (Å²) in [7, 11) is 0. The maximum Gasteiger partial charge on any atom is 0.323 e. The normalized spacial score (nSPS) is 9.12. The second kappa shape index (κ2) is 9.60. The van der Waals surface area contributed by atoms with E-state index in [0.29, 0.717) is 6.54 Å². The Balaban J connectivity index is 3.93. The molecule has 0 unspecified atom stereocenters. The van der Waals surface area contributed by atoms with Crippen LogP contribution in [0.5, 0.6) is 0 Å². The number of carbonyl (C=O) groups excluding carboxylic acids is 1. The molecule has 0 aliphatic heterocycles. The molecule has 0 aliphatic carbocycles. The maximum absolute atomic E-state index is 11.5. The number of nitrogens with one attached hydrogen (secondary N) is 1. The zero-order valence-electron chi connectivity index (χ0n) is 9.52. The van der Waals surface area contributed by atoms with Gasteiger partial charge >= 0.3 is 12.0 Å². The lowest BCUT2D eigenvalue weighted by atomic mass is 10.5. The highest BCUT2D eigenvalue weighted by atomic mass is 32.2. The first-order valence-corrected chi connectivity index (χ1v) is 6.14. The van der Waals surface area contributed by atoms with Gasteiger partial charge in [-0.3, -0.25) is 4.79 Å². The number of rotatable bonds is 8. The van der Waals surface area contributed by atoms with Gasteiger partial charge in [0.25, 0.3) is 0 Å². The number of urea groups is 1. The number of amides is 2. The quantitative estimate of drug-likeness (QED) is 0.380. The molecule has 6 heteroatoms. The van der Waals surface area contributed by atoms with Gasteiger partial charge in [0.2, 0.25) is 0 Å². The Morgan fingerprint density at radius 3 is 2.82 bits per heavy atom. The van der Waals surface area contributed by atoms with E-state index in [2.05, 4.69) is 17.8 Å². The van der Waals surface area contributed by atoms with Gasteiger partial charge in [-0.2, -0.15) is 11.8 Å². The summed E-state index contributed by atoms with van der Waals surface area (Å²) < 4.78 is 0. The predicted molar refractivity (Wildman–Crippen MR) is 69.0 cm³/mol. The monoisotopic (exact) mass is 256 g/mol. The molecular weight excluding hydrogens is 240 g/mol. The minimum atomic E-state index is -1.09. The number of terminal acetylenes is 1. The van der Waals surface area contributed by atoms with E-state index in [0.717, 1.165) is 16.4 Å². The Bertz CT molecular complexity index is 312. The smallest absolute Gasteiger partial charge is 0.323 e. The average molecular weight is 256 g/mol. The Hall–Kier alpha value is -1.61. The molecule has 0 heterocycles. The van der Waals surface area contributed by atoms with Gasteiger partial charge in [0.1, 0.15) is 6.54 Å². The molecule has 0 saturated heterocycles. The summed E-state index contributed by atoms with van der Waals surface area (Å²) in [4.78, 5) is 23.1. The highest BCUT2D eigenvalue weighted by molar-refractivity contribution is 7.99. The Kier molecular flexibility index (Phi) is 8.69. The molecular formula is C11H16N2O3S. The molecule has 17 heavy (non-hydrogen) atoms. The van der Waals surface area contributed by atoms with E-state index in [4.69, 9.17) is 11.5 Å². The first-order chi connectivity index (χ1) is 8.11.